The van der Waals surface area contributed by atoms with E-state index < -0.39 is 17.7 Å². The first-order valence-corrected chi connectivity index (χ1v) is 13.8. The third-order valence-electron chi connectivity index (χ3n) is 7.42. The van der Waals surface area contributed by atoms with Crippen LogP contribution in [-0.4, -0.2) is 54.2 Å². The van der Waals surface area contributed by atoms with Crippen LogP contribution in [0.25, 0.3) is 22.4 Å². The first kappa shape index (κ1) is 26.1. The number of ether oxygens (including phenoxy) is 1. The SMILES string of the molecule is CN1CCOc2cc(-c3ccc(F)cc3-c3csc(N(C)C(=O)[C@@H](CC(=O)O)CC4CCCC4)n3)cnc21. The van der Waals surface area contributed by atoms with Crippen LogP contribution in [0.4, 0.5) is 15.3 Å². The van der Waals surface area contributed by atoms with Crippen molar-refractivity contribution >= 4 is 34.2 Å². The molecule has 3 aromatic rings. The zero-order valence-corrected chi connectivity index (χ0v) is 22.3. The van der Waals surface area contributed by atoms with Crippen LogP contribution < -0.4 is 14.5 Å². The van der Waals surface area contributed by atoms with Crippen LogP contribution >= 0.6 is 11.3 Å². The fourth-order valence-corrected chi connectivity index (χ4v) is 6.19. The number of fused-ring (bicyclic) bond motifs is 1. The number of nitrogens with zero attached hydrogens (tertiary/aromatic N) is 4. The van der Waals surface area contributed by atoms with Crippen molar-refractivity contribution in [2.75, 3.05) is 37.0 Å². The van der Waals surface area contributed by atoms with E-state index in [1.165, 1.54) is 28.4 Å². The number of hydrogen-bond donors (Lipinski definition) is 1. The monoisotopic (exact) mass is 538 g/mol. The summed E-state index contributed by atoms with van der Waals surface area (Å²) in [6, 6.07) is 6.42. The van der Waals surface area contributed by atoms with Gasteiger partial charge in [-0.1, -0.05) is 31.7 Å². The summed E-state index contributed by atoms with van der Waals surface area (Å²) in [7, 11) is 3.59. The first-order chi connectivity index (χ1) is 18.3. The highest BCUT2D eigenvalue weighted by Crippen LogP contribution is 2.39. The molecule has 1 aliphatic heterocycles. The number of carbonyl (C=O) groups excluding carboxylic acids is 1. The van der Waals surface area contributed by atoms with Crippen LogP contribution in [0, 0.1) is 17.7 Å². The van der Waals surface area contributed by atoms with Gasteiger partial charge >= 0.3 is 5.97 Å². The van der Waals surface area contributed by atoms with Crippen molar-refractivity contribution in [1.29, 1.82) is 0 Å². The molecule has 5 rings (SSSR count). The Labute approximate surface area is 225 Å². The van der Waals surface area contributed by atoms with Crippen LogP contribution in [0.3, 0.4) is 0 Å². The van der Waals surface area contributed by atoms with Gasteiger partial charge in [-0.2, -0.15) is 0 Å². The summed E-state index contributed by atoms with van der Waals surface area (Å²) in [4.78, 5) is 37.6. The Kier molecular flexibility index (Phi) is 7.60. The maximum atomic E-state index is 14.4. The maximum absolute atomic E-state index is 14.4. The Morgan fingerprint density at radius 3 is 2.82 bits per heavy atom. The molecule has 1 aromatic carbocycles. The molecule has 0 radical (unpaired) electrons. The number of carbonyl (C=O) groups is 2. The van der Waals surface area contributed by atoms with Crippen molar-refractivity contribution in [1.82, 2.24) is 9.97 Å². The number of carboxylic acids is 1. The summed E-state index contributed by atoms with van der Waals surface area (Å²) in [5.74, 6) is -0.420. The molecule has 10 heteroatoms. The molecule has 1 saturated carbocycles. The zero-order valence-electron chi connectivity index (χ0n) is 21.5. The zero-order chi connectivity index (χ0) is 26.8. The van der Waals surface area contributed by atoms with Crippen molar-refractivity contribution in [3.05, 3.63) is 41.7 Å². The quantitative estimate of drug-likeness (QED) is 0.406. The van der Waals surface area contributed by atoms with Crippen LogP contribution in [-0.2, 0) is 9.59 Å². The Morgan fingerprint density at radius 1 is 1.26 bits per heavy atom. The lowest BCUT2D eigenvalue weighted by Gasteiger charge is -2.26. The molecule has 1 amide bonds. The van der Waals surface area contributed by atoms with Crippen LogP contribution in [0.5, 0.6) is 5.75 Å². The number of carboxylic acid groups (broad SMARTS) is 1. The number of rotatable bonds is 8. The third-order valence-corrected chi connectivity index (χ3v) is 8.34. The molecule has 1 fully saturated rings. The predicted octanol–water partition coefficient (Wildman–Crippen LogP) is 5.47. The molecular weight excluding hydrogens is 507 g/mol. The van der Waals surface area contributed by atoms with Gasteiger partial charge in [0.2, 0.25) is 5.91 Å². The molecule has 0 unspecified atom stereocenters. The molecule has 2 aliphatic rings. The highest BCUT2D eigenvalue weighted by atomic mass is 32.1. The van der Waals surface area contributed by atoms with E-state index in [-0.39, 0.29) is 12.3 Å². The maximum Gasteiger partial charge on any atom is 0.304 e. The molecule has 1 aliphatic carbocycles. The van der Waals surface area contributed by atoms with E-state index in [1.54, 1.807) is 24.7 Å². The molecule has 0 saturated heterocycles. The average molecular weight is 539 g/mol. The van der Waals surface area contributed by atoms with Gasteiger partial charge in [0.15, 0.2) is 16.7 Å². The van der Waals surface area contributed by atoms with E-state index in [2.05, 4.69) is 9.97 Å². The van der Waals surface area contributed by atoms with Gasteiger partial charge in [-0.05, 0) is 36.1 Å². The van der Waals surface area contributed by atoms with Crippen molar-refractivity contribution in [2.45, 2.75) is 38.5 Å². The number of halogens is 1. The second kappa shape index (κ2) is 11.1. The summed E-state index contributed by atoms with van der Waals surface area (Å²) in [5.41, 5.74) is 2.62. The Morgan fingerprint density at radius 2 is 2.05 bits per heavy atom. The minimum absolute atomic E-state index is 0.200. The van der Waals surface area contributed by atoms with Crippen molar-refractivity contribution in [2.24, 2.45) is 11.8 Å². The minimum Gasteiger partial charge on any atom is -0.488 e. The van der Waals surface area contributed by atoms with E-state index in [4.69, 9.17) is 4.74 Å². The summed E-state index contributed by atoms with van der Waals surface area (Å²) in [6.45, 7) is 1.31. The lowest BCUT2D eigenvalue weighted by Crippen LogP contribution is -2.35. The number of thiazole rings is 1. The summed E-state index contributed by atoms with van der Waals surface area (Å²) in [6.07, 6.45) is 6.44. The molecule has 0 bridgehead atoms. The number of benzene rings is 1. The smallest absolute Gasteiger partial charge is 0.304 e. The summed E-state index contributed by atoms with van der Waals surface area (Å²) in [5, 5.41) is 11.7. The van der Waals surface area contributed by atoms with Gasteiger partial charge in [0.25, 0.3) is 0 Å². The standard InChI is InChI=1S/C28H31FN4O4S/c1-32-9-10-37-24-12-19(15-30-26(24)32)21-8-7-20(29)14-22(21)23-16-38-28(31-23)33(2)27(36)18(13-25(34)35)11-17-5-3-4-6-17/h7-8,12,14-18H,3-6,9-11,13H2,1-2H3,(H,34,35)/t18-/m1/s1. The highest BCUT2D eigenvalue weighted by Gasteiger charge is 2.31. The number of hydrogen-bond acceptors (Lipinski definition) is 7. The van der Waals surface area contributed by atoms with Gasteiger partial charge in [0.1, 0.15) is 12.4 Å². The fraction of sp³-hybridized carbons (Fsp3) is 0.429. The molecule has 8 nitrogen and oxygen atoms in total. The van der Waals surface area contributed by atoms with E-state index >= 15 is 0 Å². The van der Waals surface area contributed by atoms with Gasteiger partial charge in [-0.15, -0.1) is 11.3 Å². The number of aromatic nitrogens is 2. The molecule has 0 spiro atoms. The van der Waals surface area contributed by atoms with E-state index in [9.17, 15) is 19.1 Å². The van der Waals surface area contributed by atoms with Crippen LogP contribution in [0.15, 0.2) is 35.8 Å². The van der Waals surface area contributed by atoms with Crippen molar-refractivity contribution in [3.63, 3.8) is 0 Å². The lowest BCUT2D eigenvalue weighted by atomic mass is 9.90. The predicted molar refractivity (Wildman–Crippen MR) is 145 cm³/mol. The number of anilines is 2. The second-order valence-electron chi connectivity index (χ2n) is 10.1. The number of likely N-dealkylation sites (N-methyl/N-ethyl adjacent to an activating group) is 1. The largest absolute Gasteiger partial charge is 0.488 e. The topological polar surface area (TPSA) is 95.9 Å². The van der Waals surface area contributed by atoms with E-state index in [1.807, 2.05) is 18.0 Å². The summed E-state index contributed by atoms with van der Waals surface area (Å²) >= 11 is 1.27. The molecule has 1 N–H and O–H groups in total. The lowest BCUT2D eigenvalue weighted by molar-refractivity contribution is -0.140. The van der Waals surface area contributed by atoms with Crippen molar-refractivity contribution < 1.29 is 23.8 Å². The first-order valence-electron chi connectivity index (χ1n) is 12.9. The van der Waals surface area contributed by atoms with Gasteiger partial charge in [-0.25, -0.2) is 14.4 Å². The minimum atomic E-state index is -0.979. The normalized spacial score (nSPS) is 16.1. The molecule has 200 valence electrons. The molecular formula is C28H31FN4O4S. The van der Waals surface area contributed by atoms with Crippen LogP contribution in [0.1, 0.15) is 38.5 Å². The number of pyridine rings is 1. The average Bonchev–Trinajstić information content (AvgIpc) is 3.60. The highest BCUT2D eigenvalue weighted by molar-refractivity contribution is 7.14. The van der Waals surface area contributed by atoms with Gasteiger partial charge in [0.05, 0.1) is 18.7 Å². The second-order valence-corrected chi connectivity index (χ2v) is 10.9. The Hall–Kier alpha value is -3.53. The summed E-state index contributed by atoms with van der Waals surface area (Å²) < 4.78 is 20.2. The molecule has 3 heterocycles. The van der Waals surface area contributed by atoms with Gasteiger partial charge < -0.3 is 14.7 Å². The van der Waals surface area contributed by atoms with Crippen LogP contribution in [0.2, 0.25) is 0 Å². The molecule has 38 heavy (non-hydrogen) atoms. The third kappa shape index (κ3) is 5.50. The van der Waals surface area contributed by atoms with Crippen molar-refractivity contribution in [3.8, 4) is 28.1 Å². The Balaban J connectivity index is 1.42. The Bertz CT molecular complexity index is 1340. The van der Waals surface area contributed by atoms with Gasteiger partial charge in [-0.3, -0.25) is 14.5 Å². The van der Waals surface area contributed by atoms with Gasteiger partial charge in [0, 0.05) is 42.7 Å². The van der Waals surface area contributed by atoms with E-state index in [0.29, 0.717) is 41.1 Å². The molecule has 1 atom stereocenters. The van der Waals surface area contributed by atoms with E-state index in [0.717, 1.165) is 49.2 Å². The molecule has 2 aromatic heterocycles. The number of amides is 1. The number of aliphatic carboxylic acids is 1. The fourth-order valence-electron chi connectivity index (χ4n) is 5.40.